The van der Waals surface area contributed by atoms with Gasteiger partial charge in [-0.3, -0.25) is 4.79 Å². The van der Waals surface area contributed by atoms with Crippen LogP contribution in [0.2, 0.25) is 0 Å². The van der Waals surface area contributed by atoms with Crippen molar-refractivity contribution in [3.05, 3.63) is 0 Å². The van der Waals surface area contributed by atoms with Crippen LogP contribution in [-0.4, -0.2) is 49.6 Å². The molecule has 2 aliphatic heterocycles. The van der Waals surface area contributed by atoms with Crippen LogP contribution in [0.15, 0.2) is 0 Å². The minimum absolute atomic E-state index is 0. The Morgan fingerprint density at radius 3 is 2.61 bits per heavy atom. The van der Waals surface area contributed by atoms with E-state index in [1.54, 1.807) is 0 Å². The molecule has 108 valence electrons. The second kappa shape index (κ2) is 8.20. The number of amides is 1. The van der Waals surface area contributed by atoms with Crippen LogP contribution in [0, 0.1) is 5.92 Å². The normalized spacial score (nSPS) is 32.2. The molecule has 2 heterocycles. The van der Waals surface area contributed by atoms with Crippen molar-refractivity contribution >= 4 is 30.7 Å². The van der Waals surface area contributed by atoms with Crippen molar-refractivity contribution in [2.24, 2.45) is 5.92 Å². The number of likely N-dealkylation sites (tertiary alicyclic amines) is 1. The van der Waals surface area contributed by atoms with E-state index in [0.29, 0.717) is 12.1 Å². The molecule has 3 unspecified atom stereocenters. The number of carbonyl (C=O) groups is 1. The standard InChI is InChI=1S/C12H23N3O.2ClH/c1-9-7-11(4-6-15(9)2)14-12(16)10-3-5-13-8-10;;/h9-11,13H,3-8H2,1-2H3,(H,14,16);2*1H. The van der Waals surface area contributed by atoms with Crippen molar-refractivity contribution in [2.75, 3.05) is 26.7 Å². The SMILES string of the molecule is CC1CC(NC(=O)C2CCNC2)CCN1C.Cl.Cl. The summed E-state index contributed by atoms with van der Waals surface area (Å²) < 4.78 is 0. The summed E-state index contributed by atoms with van der Waals surface area (Å²) in [6.45, 7) is 5.17. The summed E-state index contributed by atoms with van der Waals surface area (Å²) in [6, 6.07) is 0.972. The number of carbonyl (C=O) groups excluding carboxylic acids is 1. The van der Waals surface area contributed by atoms with Gasteiger partial charge in [0.2, 0.25) is 5.91 Å². The van der Waals surface area contributed by atoms with Crippen LogP contribution in [-0.2, 0) is 4.79 Å². The Morgan fingerprint density at radius 1 is 1.33 bits per heavy atom. The zero-order chi connectivity index (χ0) is 11.5. The van der Waals surface area contributed by atoms with Gasteiger partial charge in [0, 0.05) is 25.2 Å². The van der Waals surface area contributed by atoms with Crippen molar-refractivity contribution < 1.29 is 4.79 Å². The van der Waals surface area contributed by atoms with Gasteiger partial charge in [0.05, 0.1) is 5.92 Å². The van der Waals surface area contributed by atoms with Crippen molar-refractivity contribution in [3.8, 4) is 0 Å². The van der Waals surface area contributed by atoms with Gasteiger partial charge in [-0.1, -0.05) is 0 Å². The Balaban J connectivity index is 0.00000144. The zero-order valence-electron chi connectivity index (χ0n) is 11.1. The lowest BCUT2D eigenvalue weighted by molar-refractivity contribution is -0.125. The molecule has 0 saturated carbocycles. The van der Waals surface area contributed by atoms with E-state index in [-0.39, 0.29) is 36.6 Å². The summed E-state index contributed by atoms with van der Waals surface area (Å²) in [5.74, 6) is 0.460. The third kappa shape index (κ3) is 4.57. The van der Waals surface area contributed by atoms with Gasteiger partial charge in [0.1, 0.15) is 0 Å². The second-order valence-electron chi connectivity index (χ2n) is 5.25. The molecule has 0 aromatic rings. The first kappa shape index (κ1) is 18.0. The Labute approximate surface area is 122 Å². The van der Waals surface area contributed by atoms with Gasteiger partial charge in [0.25, 0.3) is 0 Å². The van der Waals surface area contributed by atoms with E-state index >= 15 is 0 Å². The highest BCUT2D eigenvalue weighted by Crippen LogP contribution is 2.16. The first-order valence-corrected chi connectivity index (χ1v) is 6.38. The van der Waals surface area contributed by atoms with Gasteiger partial charge >= 0.3 is 0 Å². The van der Waals surface area contributed by atoms with Crippen LogP contribution < -0.4 is 10.6 Å². The molecule has 2 fully saturated rings. The molecule has 0 spiro atoms. The molecule has 1 amide bonds. The van der Waals surface area contributed by atoms with Crippen LogP contribution in [0.5, 0.6) is 0 Å². The van der Waals surface area contributed by atoms with Crippen LogP contribution in [0.3, 0.4) is 0 Å². The van der Waals surface area contributed by atoms with Crippen LogP contribution in [0.25, 0.3) is 0 Å². The molecule has 0 aromatic carbocycles. The van der Waals surface area contributed by atoms with E-state index in [1.165, 1.54) is 0 Å². The largest absolute Gasteiger partial charge is 0.353 e. The van der Waals surface area contributed by atoms with E-state index < -0.39 is 0 Å². The lowest BCUT2D eigenvalue weighted by Crippen LogP contribution is -2.48. The fraction of sp³-hybridized carbons (Fsp3) is 0.917. The molecule has 0 bridgehead atoms. The number of nitrogens with zero attached hydrogens (tertiary/aromatic N) is 1. The van der Waals surface area contributed by atoms with Crippen molar-refractivity contribution in [1.82, 2.24) is 15.5 Å². The molecule has 2 rings (SSSR count). The monoisotopic (exact) mass is 297 g/mol. The summed E-state index contributed by atoms with van der Waals surface area (Å²) in [4.78, 5) is 14.3. The third-order valence-corrected chi connectivity index (χ3v) is 3.99. The predicted octanol–water partition coefficient (Wildman–Crippen LogP) is 1.04. The van der Waals surface area contributed by atoms with E-state index in [9.17, 15) is 4.79 Å². The molecule has 2 saturated heterocycles. The highest BCUT2D eigenvalue weighted by atomic mass is 35.5. The molecule has 0 aromatic heterocycles. The Morgan fingerprint density at radius 2 is 2.06 bits per heavy atom. The highest BCUT2D eigenvalue weighted by molar-refractivity contribution is 5.85. The zero-order valence-corrected chi connectivity index (χ0v) is 12.8. The molecule has 18 heavy (non-hydrogen) atoms. The van der Waals surface area contributed by atoms with Gasteiger partial charge in [-0.15, -0.1) is 24.8 Å². The molecule has 2 N–H and O–H groups in total. The average Bonchev–Trinajstić information content (AvgIpc) is 2.77. The van der Waals surface area contributed by atoms with Crippen LogP contribution >= 0.6 is 24.8 Å². The maximum absolute atomic E-state index is 11.9. The maximum atomic E-state index is 11.9. The first-order chi connectivity index (χ1) is 7.66. The van der Waals surface area contributed by atoms with E-state index in [1.807, 2.05) is 0 Å². The number of halogens is 2. The van der Waals surface area contributed by atoms with Crippen LogP contribution in [0.4, 0.5) is 0 Å². The van der Waals surface area contributed by atoms with Crippen LogP contribution in [0.1, 0.15) is 26.2 Å². The second-order valence-corrected chi connectivity index (χ2v) is 5.25. The van der Waals surface area contributed by atoms with E-state index in [4.69, 9.17) is 0 Å². The average molecular weight is 298 g/mol. The Bertz CT molecular complexity index is 260. The Hall–Kier alpha value is -0.0300. The highest BCUT2D eigenvalue weighted by Gasteiger charge is 2.27. The number of rotatable bonds is 2. The third-order valence-electron chi connectivity index (χ3n) is 3.99. The Kier molecular flexibility index (Phi) is 8.19. The number of nitrogens with one attached hydrogen (secondary N) is 2. The first-order valence-electron chi connectivity index (χ1n) is 6.38. The summed E-state index contributed by atoms with van der Waals surface area (Å²) in [5.41, 5.74) is 0. The minimum Gasteiger partial charge on any atom is -0.353 e. The smallest absolute Gasteiger partial charge is 0.224 e. The predicted molar refractivity (Wildman–Crippen MR) is 78.7 cm³/mol. The lowest BCUT2D eigenvalue weighted by atomic mass is 9.98. The summed E-state index contributed by atoms with van der Waals surface area (Å²) in [6.07, 6.45) is 3.17. The quantitative estimate of drug-likeness (QED) is 0.800. The molecule has 4 nitrogen and oxygen atoms in total. The molecule has 0 aliphatic carbocycles. The van der Waals surface area contributed by atoms with E-state index in [0.717, 1.165) is 38.9 Å². The van der Waals surface area contributed by atoms with Gasteiger partial charge in [-0.25, -0.2) is 0 Å². The number of hydrogen-bond donors (Lipinski definition) is 2. The van der Waals surface area contributed by atoms with E-state index in [2.05, 4.69) is 29.5 Å². The summed E-state index contributed by atoms with van der Waals surface area (Å²) in [5, 5.41) is 6.44. The molecule has 6 heteroatoms. The van der Waals surface area contributed by atoms with Gasteiger partial charge in [-0.2, -0.15) is 0 Å². The van der Waals surface area contributed by atoms with Gasteiger partial charge < -0.3 is 15.5 Å². The lowest BCUT2D eigenvalue weighted by Gasteiger charge is -2.35. The molecule has 3 atom stereocenters. The molecular formula is C12H25Cl2N3O. The van der Waals surface area contributed by atoms with Gasteiger partial charge in [0.15, 0.2) is 0 Å². The molecule has 0 radical (unpaired) electrons. The summed E-state index contributed by atoms with van der Waals surface area (Å²) >= 11 is 0. The fourth-order valence-corrected chi connectivity index (χ4v) is 2.62. The topological polar surface area (TPSA) is 44.4 Å². The van der Waals surface area contributed by atoms with Crippen molar-refractivity contribution in [1.29, 1.82) is 0 Å². The maximum Gasteiger partial charge on any atom is 0.224 e. The van der Waals surface area contributed by atoms with Crippen molar-refractivity contribution in [3.63, 3.8) is 0 Å². The fourth-order valence-electron chi connectivity index (χ4n) is 2.62. The molecular weight excluding hydrogens is 273 g/mol. The minimum atomic E-state index is 0. The number of hydrogen-bond acceptors (Lipinski definition) is 3. The molecule has 2 aliphatic rings. The van der Waals surface area contributed by atoms with Gasteiger partial charge in [-0.05, 0) is 39.8 Å². The number of piperidine rings is 1. The van der Waals surface area contributed by atoms with Crippen molar-refractivity contribution in [2.45, 2.75) is 38.3 Å². The summed E-state index contributed by atoms with van der Waals surface area (Å²) in [7, 11) is 2.16.